The van der Waals surface area contributed by atoms with Gasteiger partial charge in [0.05, 0.1) is 0 Å². The molecule has 0 unspecified atom stereocenters. The summed E-state index contributed by atoms with van der Waals surface area (Å²) in [5.74, 6) is -0.725. The molecule has 1 N–H and O–H groups in total. The predicted molar refractivity (Wildman–Crippen MR) is 112 cm³/mol. The molecule has 3 rings (SSSR count). The SMILES string of the molecule is Cc1cccc(C(C)C)c1NC(=O)C(=O)N1CCN(Cc2ccccc2)CC1. The molecule has 0 atom stereocenters. The number of rotatable bonds is 4. The second-order valence-electron chi connectivity index (χ2n) is 7.70. The van der Waals surface area contributed by atoms with E-state index in [4.69, 9.17) is 0 Å². The van der Waals surface area contributed by atoms with Gasteiger partial charge in [-0.2, -0.15) is 0 Å². The number of carbonyl (C=O) groups is 2. The summed E-state index contributed by atoms with van der Waals surface area (Å²) in [7, 11) is 0. The minimum Gasteiger partial charge on any atom is -0.332 e. The highest BCUT2D eigenvalue weighted by Crippen LogP contribution is 2.27. The Labute approximate surface area is 167 Å². The Morgan fingerprint density at radius 2 is 1.64 bits per heavy atom. The lowest BCUT2D eigenvalue weighted by molar-refractivity contribution is -0.144. The van der Waals surface area contributed by atoms with Crippen molar-refractivity contribution in [3.63, 3.8) is 0 Å². The number of aryl methyl sites for hydroxylation is 1. The smallest absolute Gasteiger partial charge is 0.313 e. The highest BCUT2D eigenvalue weighted by molar-refractivity contribution is 6.39. The van der Waals surface area contributed by atoms with E-state index in [1.54, 1.807) is 4.90 Å². The molecule has 5 heteroatoms. The van der Waals surface area contributed by atoms with E-state index >= 15 is 0 Å². The van der Waals surface area contributed by atoms with Crippen LogP contribution in [0.4, 0.5) is 5.69 Å². The zero-order valence-electron chi connectivity index (χ0n) is 16.9. The molecule has 0 bridgehead atoms. The van der Waals surface area contributed by atoms with Crippen molar-refractivity contribution in [2.45, 2.75) is 33.2 Å². The maximum absolute atomic E-state index is 12.7. The number of piperazine rings is 1. The molecule has 2 aromatic rings. The predicted octanol–water partition coefficient (Wildman–Crippen LogP) is 3.40. The first-order valence-electron chi connectivity index (χ1n) is 9.91. The second kappa shape index (κ2) is 9.02. The fourth-order valence-corrected chi connectivity index (χ4v) is 3.60. The number of nitrogens with one attached hydrogen (secondary N) is 1. The van der Waals surface area contributed by atoms with Gasteiger partial charge in [0.15, 0.2) is 0 Å². The molecule has 0 spiro atoms. The molecule has 5 nitrogen and oxygen atoms in total. The summed E-state index contributed by atoms with van der Waals surface area (Å²) in [6.07, 6.45) is 0. The normalized spacial score (nSPS) is 14.9. The van der Waals surface area contributed by atoms with Crippen LogP contribution in [0.25, 0.3) is 0 Å². The van der Waals surface area contributed by atoms with Crippen LogP contribution in [0.1, 0.15) is 36.5 Å². The molecule has 1 aliphatic heterocycles. The summed E-state index contributed by atoms with van der Waals surface area (Å²) < 4.78 is 0. The van der Waals surface area contributed by atoms with Gasteiger partial charge in [0, 0.05) is 38.4 Å². The molecule has 28 heavy (non-hydrogen) atoms. The minimum atomic E-state index is -0.548. The summed E-state index contributed by atoms with van der Waals surface area (Å²) in [4.78, 5) is 29.2. The molecule has 2 aromatic carbocycles. The maximum atomic E-state index is 12.7. The zero-order valence-corrected chi connectivity index (χ0v) is 16.9. The van der Waals surface area contributed by atoms with Crippen LogP contribution in [-0.2, 0) is 16.1 Å². The van der Waals surface area contributed by atoms with Crippen LogP contribution in [0.5, 0.6) is 0 Å². The van der Waals surface area contributed by atoms with E-state index < -0.39 is 11.8 Å². The van der Waals surface area contributed by atoms with Crippen molar-refractivity contribution in [3.05, 3.63) is 65.2 Å². The number of anilines is 1. The fraction of sp³-hybridized carbons (Fsp3) is 0.391. The lowest BCUT2D eigenvalue weighted by atomic mass is 9.98. The van der Waals surface area contributed by atoms with Crippen molar-refractivity contribution < 1.29 is 9.59 Å². The molecule has 1 saturated heterocycles. The third kappa shape index (κ3) is 4.78. The van der Waals surface area contributed by atoms with Crippen molar-refractivity contribution in [2.75, 3.05) is 31.5 Å². The highest BCUT2D eigenvalue weighted by Gasteiger charge is 2.27. The van der Waals surface area contributed by atoms with Gasteiger partial charge in [-0.05, 0) is 29.5 Å². The van der Waals surface area contributed by atoms with Crippen molar-refractivity contribution in [1.82, 2.24) is 9.80 Å². The Morgan fingerprint density at radius 3 is 2.29 bits per heavy atom. The molecule has 1 aliphatic rings. The van der Waals surface area contributed by atoms with E-state index in [1.807, 2.05) is 43.3 Å². The van der Waals surface area contributed by atoms with Crippen LogP contribution in [0.3, 0.4) is 0 Å². The van der Waals surface area contributed by atoms with Gasteiger partial charge in [-0.1, -0.05) is 62.4 Å². The van der Waals surface area contributed by atoms with E-state index in [2.05, 4.69) is 36.2 Å². The van der Waals surface area contributed by atoms with Crippen LogP contribution >= 0.6 is 0 Å². The van der Waals surface area contributed by atoms with Gasteiger partial charge in [0.2, 0.25) is 0 Å². The average Bonchev–Trinajstić information content (AvgIpc) is 2.70. The number of hydrogen-bond acceptors (Lipinski definition) is 3. The Balaban J connectivity index is 1.57. The van der Waals surface area contributed by atoms with Gasteiger partial charge in [-0.3, -0.25) is 14.5 Å². The first-order valence-corrected chi connectivity index (χ1v) is 9.91. The summed E-state index contributed by atoms with van der Waals surface area (Å²) in [5.41, 5.74) is 4.05. The number of benzene rings is 2. The van der Waals surface area contributed by atoms with Crippen molar-refractivity contribution in [3.8, 4) is 0 Å². The highest BCUT2D eigenvalue weighted by atomic mass is 16.2. The van der Waals surface area contributed by atoms with E-state index in [-0.39, 0.29) is 5.92 Å². The first kappa shape index (κ1) is 20.1. The largest absolute Gasteiger partial charge is 0.332 e. The standard InChI is InChI=1S/C23H29N3O2/c1-17(2)20-11-7-8-18(3)21(20)24-22(27)23(28)26-14-12-25(13-15-26)16-19-9-5-4-6-10-19/h4-11,17H,12-16H2,1-3H3,(H,24,27). The zero-order chi connectivity index (χ0) is 20.1. The van der Waals surface area contributed by atoms with E-state index in [0.717, 1.165) is 36.4 Å². The molecular weight excluding hydrogens is 350 g/mol. The number of amides is 2. The summed E-state index contributed by atoms with van der Waals surface area (Å²) in [6.45, 7) is 9.68. The fourth-order valence-electron chi connectivity index (χ4n) is 3.60. The lowest BCUT2D eigenvalue weighted by Crippen LogP contribution is -2.51. The second-order valence-corrected chi connectivity index (χ2v) is 7.70. The number of carbonyl (C=O) groups excluding carboxylic acids is 2. The molecule has 2 amide bonds. The maximum Gasteiger partial charge on any atom is 0.313 e. The van der Waals surface area contributed by atoms with E-state index in [1.165, 1.54) is 5.56 Å². The topological polar surface area (TPSA) is 52.7 Å². The van der Waals surface area contributed by atoms with Gasteiger partial charge >= 0.3 is 11.8 Å². The quantitative estimate of drug-likeness (QED) is 0.829. The van der Waals surface area contributed by atoms with E-state index in [9.17, 15) is 9.59 Å². The Hall–Kier alpha value is -2.66. The van der Waals surface area contributed by atoms with Crippen molar-refractivity contribution >= 4 is 17.5 Å². The van der Waals surface area contributed by atoms with Crippen LogP contribution in [0.15, 0.2) is 48.5 Å². The monoisotopic (exact) mass is 379 g/mol. The summed E-state index contributed by atoms with van der Waals surface area (Å²) >= 11 is 0. The van der Waals surface area contributed by atoms with Crippen LogP contribution in [0, 0.1) is 6.92 Å². The van der Waals surface area contributed by atoms with Gasteiger partial charge in [-0.15, -0.1) is 0 Å². The minimum absolute atomic E-state index is 0.270. The molecule has 1 fully saturated rings. The summed E-state index contributed by atoms with van der Waals surface area (Å²) in [6, 6.07) is 16.2. The Kier molecular flexibility index (Phi) is 6.47. The Bertz CT molecular complexity index is 825. The first-order chi connectivity index (χ1) is 13.5. The molecule has 1 heterocycles. The van der Waals surface area contributed by atoms with Crippen molar-refractivity contribution in [1.29, 1.82) is 0 Å². The van der Waals surface area contributed by atoms with Crippen molar-refractivity contribution in [2.24, 2.45) is 0 Å². The average molecular weight is 380 g/mol. The molecule has 0 aliphatic carbocycles. The van der Waals surface area contributed by atoms with Crippen LogP contribution in [0.2, 0.25) is 0 Å². The number of hydrogen-bond donors (Lipinski definition) is 1. The third-order valence-electron chi connectivity index (χ3n) is 5.27. The molecule has 0 saturated carbocycles. The van der Waals surface area contributed by atoms with Gasteiger partial charge in [0.1, 0.15) is 0 Å². The summed E-state index contributed by atoms with van der Waals surface area (Å²) in [5, 5.41) is 2.86. The van der Waals surface area contributed by atoms with Gasteiger partial charge < -0.3 is 10.2 Å². The molecule has 148 valence electrons. The molecule has 0 radical (unpaired) electrons. The van der Waals surface area contributed by atoms with Gasteiger partial charge in [-0.25, -0.2) is 0 Å². The van der Waals surface area contributed by atoms with Gasteiger partial charge in [0.25, 0.3) is 0 Å². The number of nitrogens with zero attached hydrogens (tertiary/aromatic N) is 2. The molecule has 0 aromatic heterocycles. The third-order valence-corrected chi connectivity index (χ3v) is 5.27. The van der Waals surface area contributed by atoms with Crippen LogP contribution in [-0.4, -0.2) is 47.8 Å². The lowest BCUT2D eigenvalue weighted by Gasteiger charge is -2.34. The number of para-hydroxylation sites is 1. The van der Waals surface area contributed by atoms with E-state index in [0.29, 0.717) is 13.1 Å². The Morgan fingerprint density at radius 1 is 0.964 bits per heavy atom. The van der Waals surface area contributed by atoms with Crippen LogP contribution < -0.4 is 5.32 Å². The molecular formula is C23H29N3O2.